The summed E-state index contributed by atoms with van der Waals surface area (Å²) in [4.78, 5) is 0. The maximum atomic E-state index is 6.06. The normalized spacial score (nSPS) is 28.9. The molecule has 1 aromatic rings. The molecular formula is C12H16BrN. The minimum Gasteiger partial charge on any atom is -0.327 e. The Balaban J connectivity index is 2.36. The van der Waals surface area contributed by atoms with Crippen LogP contribution >= 0.6 is 15.9 Å². The molecule has 0 aromatic heterocycles. The summed E-state index contributed by atoms with van der Waals surface area (Å²) in [6.07, 6.45) is 0. The van der Waals surface area contributed by atoms with E-state index in [9.17, 15) is 0 Å². The van der Waals surface area contributed by atoms with Crippen molar-refractivity contribution in [3.63, 3.8) is 0 Å². The lowest BCUT2D eigenvalue weighted by Gasteiger charge is -2.06. The second-order valence-corrected chi connectivity index (χ2v) is 5.70. The van der Waals surface area contributed by atoms with Gasteiger partial charge in [-0.1, -0.05) is 41.9 Å². The Morgan fingerprint density at radius 3 is 2.36 bits per heavy atom. The van der Waals surface area contributed by atoms with Crippen molar-refractivity contribution in [2.45, 2.75) is 32.7 Å². The van der Waals surface area contributed by atoms with Gasteiger partial charge in [-0.3, -0.25) is 0 Å². The van der Waals surface area contributed by atoms with Crippen LogP contribution < -0.4 is 5.73 Å². The molecule has 2 N–H and O–H groups in total. The van der Waals surface area contributed by atoms with Gasteiger partial charge < -0.3 is 5.73 Å². The van der Waals surface area contributed by atoms with Crippen molar-refractivity contribution in [2.24, 2.45) is 11.1 Å². The predicted molar refractivity (Wildman–Crippen MR) is 63.4 cm³/mol. The number of nitrogens with two attached hydrogens (primary N) is 1. The van der Waals surface area contributed by atoms with Gasteiger partial charge in [0.25, 0.3) is 0 Å². The number of halogens is 1. The molecule has 2 atom stereocenters. The first-order valence-corrected chi connectivity index (χ1v) is 5.75. The molecule has 0 bridgehead atoms. The SMILES string of the molecule is Cc1ccc([C@H]2[C@H](N)C2(C)C)c(Br)c1. The van der Waals surface area contributed by atoms with E-state index >= 15 is 0 Å². The van der Waals surface area contributed by atoms with Gasteiger partial charge in [0, 0.05) is 16.4 Å². The second kappa shape index (κ2) is 3.07. The molecule has 1 nitrogen and oxygen atoms in total. The molecule has 0 saturated heterocycles. The third kappa shape index (κ3) is 1.41. The summed E-state index contributed by atoms with van der Waals surface area (Å²) in [5.74, 6) is 0.512. The molecule has 76 valence electrons. The fraction of sp³-hybridized carbons (Fsp3) is 0.500. The zero-order chi connectivity index (χ0) is 10.5. The summed E-state index contributed by atoms with van der Waals surface area (Å²) >= 11 is 3.61. The number of hydrogen-bond acceptors (Lipinski definition) is 1. The Morgan fingerprint density at radius 2 is 1.93 bits per heavy atom. The van der Waals surface area contributed by atoms with Crippen LogP contribution in [0.4, 0.5) is 0 Å². The Morgan fingerprint density at radius 1 is 1.36 bits per heavy atom. The summed E-state index contributed by atoms with van der Waals surface area (Å²) in [5.41, 5.74) is 8.96. The summed E-state index contributed by atoms with van der Waals surface area (Å²) in [7, 11) is 0. The van der Waals surface area contributed by atoms with Crippen LogP contribution in [0.5, 0.6) is 0 Å². The predicted octanol–water partition coefficient (Wildman–Crippen LogP) is 3.21. The van der Waals surface area contributed by atoms with E-state index in [2.05, 4.69) is 54.9 Å². The smallest absolute Gasteiger partial charge is 0.0213 e. The molecule has 1 aliphatic rings. The summed E-state index contributed by atoms with van der Waals surface area (Å²) < 4.78 is 1.20. The van der Waals surface area contributed by atoms with E-state index in [1.807, 2.05) is 0 Å². The standard InChI is InChI=1S/C12H16BrN/c1-7-4-5-8(9(13)6-7)10-11(14)12(10,2)3/h4-6,10-11H,14H2,1-3H3/t10-,11-/m0/s1. The molecule has 0 amide bonds. The van der Waals surface area contributed by atoms with Crippen molar-refractivity contribution in [3.8, 4) is 0 Å². The van der Waals surface area contributed by atoms with Crippen molar-refractivity contribution in [2.75, 3.05) is 0 Å². The molecule has 0 heterocycles. The van der Waals surface area contributed by atoms with Gasteiger partial charge in [-0.15, -0.1) is 0 Å². The molecule has 1 saturated carbocycles. The Bertz CT molecular complexity index is 371. The minimum absolute atomic E-state index is 0.262. The topological polar surface area (TPSA) is 26.0 Å². The summed E-state index contributed by atoms with van der Waals surface area (Å²) in [6, 6.07) is 6.82. The van der Waals surface area contributed by atoms with Gasteiger partial charge in [0.15, 0.2) is 0 Å². The highest BCUT2D eigenvalue weighted by atomic mass is 79.9. The van der Waals surface area contributed by atoms with Crippen molar-refractivity contribution < 1.29 is 0 Å². The first-order chi connectivity index (χ1) is 6.44. The molecule has 0 unspecified atom stereocenters. The van der Waals surface area contributed by atoms with Gasteiger partial charge in [0.05, 0.1) is 0 Å². The first-order valence-electron chi connectivity index (χ1n) is 4.96. The van der Waals surface area contributed by atoms with Crippen molar-refractivity contribution in [3.05, 3.63) is 33.8 Å². The molecule has 1 aliphatic carbocycles. The van der Waals surface area contributed by atoms with Crippen LogP contribution in [0.1, 0.15) is 30.9 Å². The maximum absolute atomic E-state index is 6.06. The molecule has 0 aliphatic heterocycles. The lowest BCUT2D eigenvalue weighted by molar-refractivity contribution is 0.598. The van der Waals surface area contributed by atoms with E-state index in [4.69, 9.17) is 5.73 Å². The van der Waals surface area contributed by atoms with Gasteiger partial charge >= 0.3 is 0 Å². The Hall–Kier alpha value is -0.340. The van der Waals surface area contributed by atoms with E-state index in [0.717, 1.165) is 0 Å². The fourth-order valence-corrected chi connectivity index (χ4v) is 2.90. The number of aryl methyl sites for hydroxylation is 1. The van der Waals surface area contributed by atoms with Crippen LogP contribution in [-0.4, -0.2) is 6.04 Å². The largest absolute Gasteiger partial charge is 0.327 e. The summed E-state index contributed by atoms with van der Waals surface area (Å²) in [5, 5.41) is 0. The van der Waals surface area contributed by atoms with Gasteiger partial charge in [-0.2, -0.15) is 0 Å². The Kier molecular flexibility index (Phi) is 2.24. The first kappa shape index (κ1) is 10.2. The monoisotopic (exact) mass is 253 g/mol. The van der Waals surface area contributed by atoms with Crippen molar-refractivity contribution >= 4 is 15.9 Å². The van der Waals surface area contributed by atoms with Crippen molar-refractivity contribution in [1.82, 2.24) is 0 Å². The van der Waals surface area contributed by atoms with E-state index in [0.29, 0.717) is 12.0 Å². The molecule has 1 fully saturated rings. The van der Waals surface area contributed by atoms with Crippen LogP contribution in [0.3, 0.4) is 0 Å². The maximum Gasteiger partial charge on any atom is 0.0213 e. The fourth-order valence-electron chi connectivity index (χ4n) is 2.16. The molecule has 14 heavy (non-hydrogen) atoms. The second-order valence-electron chi connectivity index (χ2n) is 4.85. The van der Waals surface area contributed by atoms with E-state index in [-0.39, 0.29) is 5.41 Å². The highest BCUT2D eigenvalue weighted by Gasteiger charge is 2.56. The third-order valence-corrected chi connectivity index (χ3v) is 4.09. The number of hydrogen-bond donors (Lipinski definition) is 1. The zero-order valence-corrected chi connectivity index (χ0v) is 10.4. The minimum atomic E-state index is 0.262. The van der Waals surface area contributed by atoms with Crippen LogP contribution in [-0.2, 0) is 0 Å². The van der Waals surface area contributed by atoms with Gasteiger partial charge in [0.1, 0.15) is 0 Å². The van der Waals surface area contributed by atoms with Gasteiger partial charge in [-0.05, 0) is 29.5 Å². The van der Waals surface area contributed by atoms with Crippen LogP contribution in [0.2, 0.25) is 0 Å². The highest BCUT2D eigenvalue weighted by molar-refractivity contribution is 9.10. The molecular weight excluding hydrogens is 238 g/mol. The quantitative estimate of drug-likeness (QED) is 0.818. The van der Waals surface area contributed by atoms with E-state index in [1.165, 1.54) is 15.6 Å². The van der Waals surface area contributed by atoms with Crippen molar-refractivity contribution in [1.29, 1.82) is 0 Å². The van der Waals surface area contributed by atoms with E-state index in [1.54, 1.807) is 0 Å². The van der Waals surface area contributed by atoms with E-state index < -0.39 is 0 Å². The lowest BCUT2D eigenvalue weighted by Crippen LogP contribution is -2.06. The Labute approximate surface area is 93.8 Å². The number of rotatable bonds is 1. The lowest BCUT2D eigenvalue weighted by atomic mass is 10.0. The zero-order valence-electron chi connectivity index (χ0n) is 8.84. The van der Waals surface area contributed by atoms with Gasteiger partial charge in [-0.25, -0.2) is 0 Å². The average molecular weight is 254 g/mol. The third-order valence-electron chi connectivity index (χ3n) is 3.40. The van der Waals surface area contributed by atoms with Gasteiger partial charge in [0.2, 0.25) is 0 Å². The molecule has 0 radical (unpaired) electrons. The van der Waals surface area contributed by atoms with Crippen LogP contribution in [0.15, 0.2) is 22.7 Å². The van der Waals surface area contributed by atoms with Crippen LogP contribution in [0, 0.1) is 12.3 Å². The molecule has 1 aromatic carbocycles. The average Bonchev–Trinajstić information content (AvgIpc) is 2.54. The van der Waals surface area contributed by atoms with Crippen LogP contribution in [0.25, 0.3) is 0 Å². The highest BCUT2D eigenvalue weighted by Crippen LogP contribution is 2.58. The molecule has 0 spiro atoms. The number of benzene rings is 1. The summed E-state index contributed by atoms with van der Waals surface area (Å²) in [6.45, 7) is 6.57. The molecule has 2 heteroatoms. The molecule has 2 rings (SSSR count).